The van der Waals surface area contributed by atoms with Crippen molar-refractivity contribution < 1.29 is 18.0 Å². The quantitative estimate of drug-likeness (QED) is 0.210. The summed E-state index contributed by atoms with van der Waals surface area (Å²) < 4.78 is 29.2. The number of sulfonamides is 1. The molecule has 0 unspecified atom stereocenters. The minimum Gasteiger partial charge on any atom is -0.352 e. The number of hydrogen-bond donors (Lipinski definition) is 1. The lowest BCUT2D eigenvalue weighted by molar-refractivity contribution is -0.140. The van der Waals surface area contributed by atoms with Crippen LogP contribution in [0.15, 0.2) is 76.5 Å². The van der Waals surface area contributed by atoms with E-state index in [2.05, 4.69) is 5.32 Å². The lowest BCUT2D eigenvalue weighted by Gasteiger charge is -2.34. The smallest absolute Gasteiger partial charge is 0.264 e. The number of anilines is 1. The molecule has 7 nitrogen and oxygen atoms in total. The van der Waals surface area contributed by atoms with Crippen LogP contribution in [-0.2, 0) is 26.2 Å². The fourth-order valence-electron chi connectivity index (χ4n) is 5.24. The van der Waals surface area contributed by atoms with Gasteiger partial charge in [-0.3, -0.25) is 13.9 Å². The van der Waals surface area contributed by atoms with Gasteiger partial charge in [-0.05, 0) is 86.5 Å². The Morgan fingerprint density at radius 3 is 2.21 bits per heavy atom. The summed E-state index contributed by atoms with van der Waals surface area (Å²) in [5.74, 6) is -0.760. The van der Waals surface area contributed by atoms with E-state index in [-0.39, 0.29) is 23.4 Å². The molecule has 1 aliphatic rings. The number of hydrogen-bond acceptors (Lipinski definition) is 5. The average molecular weight is 663 g/mol. The SMILES string of the molecule is CC[C@H](C(=O)NC1CCCC1)N(Cc1ccc(Cl)c(Cl)c1)C(=O)CN(c1ccc(C)cc1)S(=O)(=O)c1ccc(SC)cc1. The molecule has 2 amide bonds. The Morgan fingerprint density at radius 1 is 0.977 bits per heavy atom. The molecule has 0 heterocycles. The number of benzene rings is 3. The van der Waals surface area contributed by atoms with Crippen molar-refractivity contribution in [1.82, 2.24) is 10.2 Å². The number of halogens is 2. The van der Waals surface area contributed by atoms with Crippen molar-refractivity contribution in [1.29, 1.82) is 0 Å². The lowest BCUT2D eigenvalue weighted by atomic mass is 10.1. The van der Waals surface area contributed by atoms with Crippen molar-refractivity contribution in [2.24, 2.45) is 0 Å². The van der Waals surface area contributed by atoms with Gasteiger partial charge in [-0.1, -0.05) is 66.7 Å². The lowest BCUT2D eigenvalue weighted by Crippen LogP contribution is -2.53. The number of nitrogens with zero attached hydrogens (tertiary/aromatic N) is 2. The summed E-state index contributed by atoms with van der Waals surface area (Å²) in [6.07, 6.45) is 6.16. The van der Waals surface area contributed by atoms with Gasteiger partial charge >= 0.3 is 0 Å². The van der Waals surface area contributed by atoms with E-state index in [1.54, 1.807) is 66.7 Å². The van der Waals surface area contributed by atoms with Gasteiger partial charge in [0.1, 0.15) is 12.6 Å². The van der Waals surface area contributed by atoms with Crippen LogP contribution < -0.4 is 9.62 Å². The molecule has 3 aromatic carbocycles. The van der Waals surface area contributed by atoms with Crippen LogP contribution in [0, 0.1) is 6.92 Å². The van der Waals surface area contributed by atoms with Crippen LogP contribution in [-0.4, -0.2) is 50.0 Å². The van der Waals surface area contributed by atoms with Crippen LogP contribution in [0.1, 0.15) is 50.2 Å². The second-order valence-electron chi connectivity index (χ2n) is 10.7. The first-order valence-electron chi connectivity index (χ1n) is 14.3. The Balaban J connectivity index is 1.72. The van der Waals surface area contributed by atoms with Gasteiger partial charge in [0.15, 0.2) is 0 Å². The third kappa shape index (κ3) is 8.26. The van der Waals surface area contributed by atoms with Crippen molar-refractivity contribution in [3.8, 4) is 0 Å². The van der Waals surface area contributed by atoms with Gasteiger partial charge in [-0.25, -0.2) is 8.42 Å². The molecule has 230 valence electrons. The number of nitrogens with one attached hydrogen (secondary N) is 1. The molecule has 0 spiro atoms. The van der Waals surface area contributed by atoms with E-state index >= 15 is 0 Å². The Bertz CT molecular complexity index is 1530. The van der Waals surface area contributed by atoms with Gasteiger partial charge < -0.3 is 10.2 Å². The first kappa shape index (κ1) is 33.2. The number of amides is 2. The third-order valence-electron chi connectivity index (χ3n) is 7.67. The minimum absolute atomic E-state index is 0.0521. The summed E-state index contributed by atoms with van der Waals surface area (Å²) in [5.41, 5.74) is 1.98. The van der Waals surface area contributed by atoms with Crippen molar-refractivity contribution >= 4 is 62.5 Å². The van der Waals surface area contributed by atoms with E-state index in [1.807, 2.05) is 20.1 Å². The highest BCUT2D eigenvalue weighted by atomic mass is 35.5. The number of aryl methyl sites for hydroxylation is 1. The second kappa shape index (κ2) is 14.8. The summed E-state index contributed by atoms with van der Waals surface area (Å²) in [4.78, 5) is 30.3. The molecule has 1 N–H and O–H groups in total. The fourth-order valence-corrected chi connectivity index (χ4v) is 7.38. The van der Waals surface area contributed by atoms with E-state index < -0.39 is 28.5 Å². The topological polar surface area (TPSA) is 86.8 Å². The second-order valence-corrected chi connectivity index (χ2v) is 14.3. The first-order chi connectivity index (χ1) is 20.5. The van der Waals surface area contributed by atoms with Crippen molar-refractivity contribution in [2.75, 3.05) is 17.1 Å². The maximum Gasteiger partial charge on any atom is 0.264 e. The molecule has 1 saturated carbocycles. The van der Waals surface area contributed by atoms with Gasteiger partial charge in [-0.2, -0.15) is 0 Å². The maximum absolute atomic E-state index is 14.2. The first-order valence-corrected chi connectivity index (χ1v) is 17.7. The molecule has 1 fully saturated rings. The highest BCUT2D eigenvalue weighted by molar-refractivity contribution is 7.98. The standard InChI is InChI=1S/C32H37Cl2N3O4S2/c1-4-30(32(39)35-24-7-5-6-8-24)36(20-23-11-18-28(33)29(34)19-23)31(38)21-37(25-12-9-22(2)10-13-25)43(40,41)27-16-14-26(42-3)15-17-27/h9-19,24,30H,4-8,20-21H2,1-3H3,(H,35,39)/t30-/m1/s1. The van der Waals surface area contributed by atoms with Crippen LogP contribution in [0.3, 0.4) is 0 Å². The Kier molecular flexibility index (Phi) is 11.5. The van der Waals surface area contributed by atoms with E-state index in [9.17, 15) is 18.0 Å². The largest absolute Gasteiger partial charge is 0.352 e. The zero-order chi connectivity index (χ0) is 31.1. The van der Waals surface area contributed by atoms with Gasteiger partial charge in [0.05, 0.1) is 20.6 Å². The molecule has 1 aliphatic carbocycles. The monoisotopic (exact) mass is 661 g/mol. The number of thioether (sulfide) groups is 1. The third-order valence-corrected chi connectivity index (χ3v) is 10.9. The molecule has 43 heavy (non-hydrogen) atoms. The minimum atomic E-state index is -4.14. The van der Waals surface area contributed by atoms with Crippen LogP contribution in [0.4, 0.5) is 5.69 Å². The molecule has 0 aliphatic heterocycles. The van der Waals surface area contributed by atoms with Crippen LogP contribution in [0.25, 0.3) is 0 Å². The van der Waals surface area contributed by atoms with E-state index in [0.29, 0.717) is 27.7 Å². The van der Waals surface area contributed by atoms with E-state index in [1.165, 1.54) is 16.7 Å². The molecule has 0 radical (unpaired) electrons. The number of carbonyl (C=O) groups excluding carboxylic acids is 2. The predicted molar refractivity (Wildman–Crippen MR) is 175 cm³/mol. The molecule has 11 heteroatoms. The van der Waals surface area contributed by atoms with Crippen LogP contribution in [0.2, 0.25) is 10.0 Å². The molecule has 4 rings (SSSR count). The van der Waals surface area contributed by atoms with Crippen molar-refractivity contribution in [3.05, 3.63) is 87.9 Å². The van der Waals surface area contributed by atoms with Gasteiger partial charge in [0.2, 0.25) is 11.8 Å². The summed E-state index contributed by atoms with van der Waals surface area (Å²) >= 11 is 13.9. The molecule has 0 aromatic heterocycles. The zero-order valence-electron chi connectivity index (χ0n) is 24.6. The highest BCUT2D eigenvalue weighted by Gasteiger charge is 2.34. The Morgan fingerprint density at radius 2 is 1.63 bits per heavy atom. The summed E-state index contributed by atoms with van der Waals surface area (Å²) in [7, 11) is -4.14. The van der Waals surface area contributed by atoms with Gasteiger partial charge in [0, 0.05) is 17.5 Å². The zero-order valence-corrected chi connectivity index (χ0v) is 27.7. The average Bonchev–Trinajstić information content (AvgIpc) is 3.51. The van der Waals surface area contributed by atoms with E-state index in [0.717, 1.165) is 40.4 Å². The number of rotatable bonds is 12. The molecule has 0 saturated heterocycles. The summed E-state index contributed by atoms with van der Waals surface area (Å²) in [5, 5.41) is 3.82. The molecular formula is C32H37Cl2N3O4S2. The van der Waals surface area contributed by atoms with Gasteiger partial charge in [0.25, 0.3) is 10.0 Å². The molecular weight excluding hydrogens is 625 g/mol. The Hall–Kier alpha value is -2.72. The van der Waals surface area contributed by atoms with Crippen molar-refractivity contribution in [3.63, 3.8) is 0 Å². The maximum atomic E-state index is 14.2. The van der Waals surface area contributed by atoms with Gasteiger partial charge in [-0.15, -0.1) is 11.8 Å². The fraction of sp³-hybridized carbons (Fsp3) is 0.375. The van der Waals surface area contributed by atoms with Crippen LogP contribution in [0.5, 0.6) is 0 Å². The van der Waals surface area contributed by atoms with Crippen molar-refractivity contribution in [2.45, 2.75) is 74.4 Å². The highest BCUT2D eigenvalue weighted by Crippen LogP contribution is 2.28. The normalized spacial score (nSPS) is 14.3. The summed E-state index contributed by atoms with van der Waals surface area (Å²) in [6, 6.07) is 17.8. The number of carbonyl (C=O) groups is 2. The Labute approximate surface area is 269 Å². The van der Waals surface area contributed by atoms with E-state index in [4.69, 9.17) is 23.2 Å². The summed E-state index contributed by atoms with van der Waals surface area (Å²) in [6.45, 7) is 3.30. The molecule has 3 aromatic rings. The molecule has 0 bridgehead atoms. The predicted octanol–water partition coefficient (Wildman–Crippen LogP) is 7.09. The molecule has 1 atom stereocenters. The van der Waals surface area contributed by atoms with Crippen LogP contribution >= 0.6 is 35.0 Å².